The van der Waals surface area contributed by atoms with Gasteiger partial charge in [-0.2, -0.15) is 0 Å². The lowest BCUT2D eigenvalue weighted by Crippen LogP contribution is -2.56. The molecule has 1 aromatic rings. The molecule has 7 heteroatoms. The number of hydrogen-bond donors (Lipinski definition) is 3. The Morgan fingerprint density at radius 1 is 1.12 bits per heavy atom. The van der Waals surface area contributed by atoms with Crippen LogP contribution in [0.3, 0.4) is 0 Å². The normalized spacial score (nSPS) is 33.7. The highest BCUT2D eigenvalue weighted by atomic mass is 32.2. The molecule has 5 rings (SSSR count). The summed E-state index contributed by atoms with van der Waals surface area (Å²) in [4.78, 5) is 0.101. The summed E-state index contributed by atoms with van der Waals surface area (Å²) >= 11 is 5.51. The third-order valence-electron chi connectivity index (χ3n) is 6.79. The zero-order valence-corrected chi connectivity index (χ0v) is 16.7. The van der Waals surface area contributed by atoms with Crippen molar-refractivity contribution in [2.75, 3.05) is 5.32 Å². The lowest BCUT2D eigenvalue weighted by molar-refractivity contribution is -0.0671. The second kappa shape index (κ2) is 6.46. The predicted octanol–water partition coefficient (Wildman–Crippen LogP) is 3.23. The van der Waals surface area contributed by atoms with Crippen molar-refractivity contribution >= 4 is 33.0 Å². The van der Waals surface area contributed by atoms with Gasteiger partial charge in [-0.1, -0.05) is 0 Å². The molecule has 0 aromatic heterocycles. The molecule has 4 aliphatic carbocycles. The van der Waals surface area contributed by atoms with Crippen molar-refractivity contribution in [1.82, 2.24) is 5.32 Å². The third kappa shape index (κ3) is 3.49. The molecule has 4 N–H and O–H groups in total. The van der Waals surface area contributed by atoms with Gasteiger partial charge in [0.2, 0.25) is 10.0 Å². The van der Waals surface area contributed by atoms with Crippen LogP contribution < -0.4 is 15.8 Å². The van der Waals surface area contributed by atoms with E-state index in [4.69, 9.17) is 17.4 Å². The number of sulfonamides is 1. The lowest BCUT2D eigenvalue weighted by Gasteiger charge is -2.59. The van der Waals surface area contributed by atoms with Crippen LogP contribution in [0.4, 0.5) is 5.69 Å². The van der Waals surface area contributed by atoms with Crippen LogP contribution in [0.25, 0.3) is 0 Å². The number of anilines is 1. The molecule has 26 heavy (non-hydrogen) atoms. The molecule has 5 nitrogen and oxygen atoms in total. The summed E-state index contributed by atoms with van der Waals surface area (Å²) in [5.74, 6) is 2.74. The van der Waals surface area contributed by atoms with Crippen LogP contribution in [0.2, 0.25) is 0 Å². The number of hydrogen-bond acceptors (Lipinski definition) is 3. The molecule has 0 heterocycles. The van der Waals surface area contributed by atoms with Gasteiger partial charge in [0.15, 0.2) is 5.11 Å². The average Bonchev–Trinajstić information content (AvgIpc) is 2.53. The molecule has 4 aliphatic rings. The van der Waals surface area contributed by atoms with E-state index in [1.165, 1.54) is 50.7 Å². The van der Waals surface area contributed by atoms with Gasteiger partial charge in [-0.25, -0.2) is 13.6 Å². The van der Waals surface area contributed by atoms with Crippen molar-refractivity contribution in [3.05, 3.63) is 24.3 Å². The quantitative estimate of drug-likeness (QED) is 0.684. The summed E-state index contributed by atoms with van der Waals surface area (Å²) in [6.45, 7) is 2.27. The largest absolute Gasteiger partial charge is 0.359 e. The SMILES string of the molecule is CC(NC(=S)Nc1ccc(S(N)(=O)=O)cc1)C12CC3CC(CC(C3)C1)C2. The fraction of sp³-hybridized carbons (Fsp3) is 0.632. The molecule has 0 radical (unpaired) electrons. The first kappa shape index (κ1) is 18.2. The maximum Gasteiger partial charge on any atom is 0.238 e. The maximum absolute atomic E-state index is 11.3. The summed E-state index contributed by atoms with van der Waals surface area (Å²) in [6, 6.07) is 6.69. The number of rotatable bonds is 4. The zero-order valence-electron chi connectivity index (χ0n) is 15.1. The van der Waals surface area contributed by atoms with Gasteiger partial charge in [0.05, 0.1) is 4.90 Å². The van der Waals surface area contributed by atoms with Crippen LogP contribution in [-0.4, -0.2) is 19.6 Å². The average molecular weight is 394 g/mol. The topological polar surface area (TPSA) is 84.2 Å². The van der Waals surface area contributed by atoms with Crippen molar-refractivity contribution < 1.29 is 8.42 Å². The van der Waals surface area contributed by atoms with Crippen molar-refractivity contribution in [3.63, 3.8) is 0 Å². The van der Waals surface area contributed by atoms with E-state index in [1.807, 2.05) is 0 Å². The van der Waals surface area contributed by atoms with Crippen molar-refractivity contribution in [3.8, 4) is 0 Å². The molecule has 142 valence electrons. The summed E-state index contributed by atoms with van der Waals surface area (Å²) in [5.41, 5.74) is 1.14. The van der Waals surface area contributed by atoms with Gasteiger partial charge in [0, 0.05) is 11.7 Å². The number of benzene rings is 1. The van der Waals surface area contributed by atoms with Gasteiger partial charge in [0.25, 0.3) is 0 Å². The third-order valence-corrected chi connectivity index (χ3v) is 7.94. The highest BCUT2D eigenvalue weighted by molar-refractivity contribution is 7.89. The Labute approximate surface area is 161 Å². The Kier molecular flexibility index (Phi) is 4.52. The van der Waals surface area contributed by atoms with E-state index in [1.54, 1.807) is 12.1 Å². The summed E-state index contributed by atoms with van der Waals surface area (Å²) < 4.78 is 22.7. The van der Waals surface area contributed by atoms with Crippen LogP contribution in [0.15, 0.2) is 29.2 Å². The van der Waals surface area contributed by atoms with E-state index in [-0.39, 0.29) is 4.90 Å². The van der Waals surface area contributed by atoms with Gasteiger partial charge in [-0.3, -0.25) is 0 Å². The van der Waals surface area contributed by atoms with Gasteiger partial charge >= 0.3 is 0 Å². The summed E-state index contributed by atoms with van der Waals surface area (Å²) in [5, 5.41) is 12.4. The van der Waals surface area contributed by atoms with Crippen molar-refractivity contribution in [1.29, 1.82) is 0 Å². The van der Waals surface area contributed by atoms with Gasteiger partial charge < -0.3 is 10.6 Å². The van der Waals surface area contributed by atoms with E-state index < -0.39 is 10.0 Å². The van der Waals surface area contributed by atoms with Crippen LogP contribution in [0.5, 0.6) is 0 Å². The number of nitrogens with one attached hydrogen (secondary N) is 2. The molecule has 1 atom stereocenters. The second-order valence-electron chi connectivity index (χ2n) is 8.67. The molecule has 1 unspecified atom stereocenters. The number of thiocarbonyl (C=S) groups is 1. The van der Waals surface area contributed by atoms with E-state index in [0.29, 0.717) is 16.6 Å². The first-order chi connectivity index (χ1) is 12.2. The maximum atomic E-state index is 11.3. The van der Waals surface area contributed by atoms with Crippen LogP contribution in [0.1, 0.15) is 45.4 Å². The summed E-state index contributed by atoms with van der Waals surface area (Å²) in [6.07, 6.45) is 8.30. The van der Waals surface area contributed by atoms with Crippen molar-refractivity contribution in [2.45, 2.75) is 56.4 Å². The van der Waals surface area contributed by atoms with Crippen LogP contribution >= 0.6 is 12.2 Å². The van der Waals surface area contributed by atoms with E-state index in [0.717, 1.165) is 23.4 Å². The molecule has 4 bridgehead atoms. The molecule has 0 amide bonds. The molecular weight excluding hydrogens is 366 g/mol. The molecule has 0 aliphatic heterocycles. The Hall–Kier alpha value is -1.18. The lowest BCUT2D eigenvalue weighted by atomic mass is 9.48. The molecule has 4 fully saturated rings. The van der Waals surface area contributed by atoms with Gasteiger partial charge in [-0.05, 0) is 105 Å². The standard InChI is InChI=1S/C19H27N3O2S2/c1-12(19-9-13-6-14(10-19)8-15(7-13)11-19)21-18(25)22-16-2-4-17(5-3-16)26(20,23)24/h2-5,12-15H,6-11H2,1H3,(H2,20,23,24)(H2,21,22,25). The minimum Gasteiger partial charge on any atom is -0.359 e. The number of primary sulfonamides is 1. The summed E-state index contributed by atoms with van der Waals surface area (Å²) in [7, 11) is -3.67. The fourth-order valence-electron chi connectivity index (χ4n) is 5.95. The number of nitrogens with two attached hydrogens (primary N) is 1. The zero-order chi connectivity index (χ0) is 18.5. The fourth-order valence-corrected chi connectivity index (χ4v) is 6.76. The minimum absolute atomic E-state index is 0.101. The molecule has 1 aromatic carbocycles. The second-order valence-corrected chi connectivity index (χ2v) is 10.6. The van der Waals surface area contributed by atoms with Gasteiger partial charge in [-0.15, -0.1) is 0 Å². The Morgan fingerprint density at radius 2 is 1.62 bits per heavy atom. The monoisotopic (exact) mass is 393 g/mol. The molecule has 0 spiro atoms. The van der Waals surface area contributed by atoms with Crippen molar-refractivity contribution in [2.24, 2.45) is 28.3 Å². The molecule has 0 saturated heterocycles. The van der Waals surface area contributed by atoms with Crippen LogP contribution in [0, 0.1) is 23.2 Å². The van der Waals surface area contributed by atoms with Crippen LogP contribution in [-0.2, 0) is 10.0 Å². The minimum atomic E-state index is -3.67. The highest BCUT2D eigenvalue weighted by Crippen LogP contribution is 2.61. The van der Waals surface area contributed by atoms with Gasteiger partial charge in [0.1, 0.15) is 0 Å². The predicted molar refractivity (Wildman–Crippen MR) is 107 cm³/mol. The smallest absolute Gasteiger partial charge is 0.238 e. The Morgan fingerprint density at radius 3 is 2.08 bits per heavy atom. The molecule has 4 saturated carbocycles. The van der Waals surface area contributed by atoms with E-state index in [2.05, 4.69) is 17.6 Å². The Bertz CT molecular complexity index is 769. The van der Waals surface area contributed by atoms with E-state index in [9.17, 15) is 8.42 Å². The van der Waals surface area contributed by atoms with E-state index >= 15 is 0 Å². The highest BCUT2D eigenvalue weighted by Gasteiger charge is 2.53. The molecular formula is C19H27N3O2S2. The first-order valence-corrected chi connectivity index (χ1v) is 11.4. The Balaban J connectivity index is 1.39. The first-order valence-electron chi connectivity index (χ1n) is 9.44.